The average molecular weight is 479 g/mol. The first kappa shape index (κ1) is 23.6. The van der Waals surface area contributed by atoms with Crippen LogP contribution in [0, 0.1) is 0 Å². The van der Waals surface area contributed by atoms with E-state index in [0.29, 0.717) is 17.2 Å². The molecule has 0 amide bonds. The summed E-state index contributed by atoms with van der Waals surface area (Å²) < 4.78 is 18.4. The topological polar surface area (TPSA) is 60.6 Å². The Morgan fingerprint density at radius 1 is 1.00 bits per heavy atom. The predicted molar refractivity (Wildman–Crippen MR) is 139 cm³/mol. The van der Waals surface area contributed by atoms with E-state index in [1.807, 2.05) is 28.4 Å². The number of nitrogens with zero attached hydrogens (tertiary/aromatic N) is 4. The number of para-hydroxylation sites is 1. The average Bonchev–Trinajstić information content (AvgIpc) is 3.35. The first-order valence-corrected chi connectivity index (χ1v) is 11.8. The van der Waals surface area contributed by atoms with Crippen molar-refractivity contribution in [3.8, 4) is 28.5 Å². The van der Waals surface area contributed by atoms with Gasteiger partial charge in [0.1, 0.15) is 0 Å². The van der Waals surface area contributed by atoms with Gasteiger partial charge in [-0.1, -0.05) is 32.0 Å². The molecule has 0 atom stereocenters. The lowest BCUT2D eigenvalue weighted by Gasteiger charge is -2.23. The van der Waals surface area contributed by atoms with Crippen LogP contribution in [0.3, 0.4) is 0 Å². The molecular formula is C26H30N4O3S. The number of hydrogen-bond acceptors (Lipinski definition) is 7. The number of ether oxygens (including phenoxy) is 3. The van der Waals surface area contributed by atoms with Crippen molar-refractivity contribution in [3.05, 3.63) is 63.9 Å². The first-order chi connectivity index (χ1) is 16.4. The van der Waals surface area contributed by atoms with Crippen LogP contribution in [-0.4, -0.2) is 46.3 Å². The fraction of sp³-hybridized carbons (Fsp3) is 0.308. The Bertz CT molecular complexity index is 1310. The van der Waals surface area contributed by atoms with Crippen molar-refractivity contribution in [2.75, 3.05) is 40.3 Å². The first-order valence-electron chi connectivity index (χ1n) is 10.9. The molecule has 0 saturated carbocycles. The molecule has 0 fully saturated rings. The normalized spacial score (nSPS) is 16.4. The Morgan fingerprint density at radius 2 is 1.68 bits per heavy atom. The van der Waals surface area contributed by atoms with Crippen LogP contribution >= 0.6 is 11.3 Å². The Morgan fingerprint density at radius 3 is 2.26 bits per heavy atom. The van der Waals surface area contributed by atoms with E-state index in [4.69, 9.17) is 19.3 Å². The lowest BCUT2D eigenvalue weighted by Crippen LogP contribution is -2.23. The van der Waals surface area contributed by atoms with E-state index in [1.165, 1.54) is 28.3 Å². The number of allylic oxidation sites excluding steroid dienone is 2. The van der Waals surface area contributed by atoms with Crippen LogP contribution in [0.25, 0.3) is 11.3 Å². The third kappa shape index (κ3) is 3.88. The number of methoxy groups -OCH3 is 3. The summed E-state index contributed by atoms with van der Waals surface area (Å²) in [5.74, 6) is 1.72. The number of fused-ring (bicyclic) bond motifs is 1. The third-order valence-corrected chi connectivity index (χ3v) is 7.10. The summed E-state index contributed by atoms with van der Waals surface area (Å²) in [6.07, 6.45) is 3.91. The molecule has 178 valence electrons. The van der Waals surface area contributed by atoms with Crippen molar-refractivity contribution in [2.45, 2.75) is 19.3 Å². The van der Waals surface area contributed by atoms with Gasteiger partial charge in [-0.15, -0.1) is 11.3 Å². The molecule has 2 aromatic carbocycles. The van der Waals surface area contributed by atoms with Crippen molar-refractivity contribution in [1.82, 2.24) is 4.68 Å². The molecule has 0 bridgehead atoms. The highest BCUT2D eigenvalue weighted by molar-refractivity contribution is 7.07. The van der Waals surface area contributed by atoms with Gasteiger partial charge >= 0.3 is 0 Å². The fourth-order valence-corrected chi connectivity index (χ4v) is 5.27. The van der Waals surface area contributed by atoms with E-state index in [-0.39, 0.29) is 5.41 Å². The van der Waals surface area contributed by atoms with E-state index < -0.39 is 0 Å². The molecule has 1 aliphatic heterocycles. The van der Waals surface area contributed by atoms with Crippen molar-refractivity contribution < 1.29 is 14.2 Å². The SMILES string of the molecule is CN=c1scc(-c2cc(OC)c(OC)c(OC)c2)n1N=CC=C1N(C)c2ccccc2C1(C)C. The quantitative estimate of drug-likeness (QED) is 0.472. The maximum Gasteiger partial charge on any atom is 0.205 e. The predicted octanol–water partition coefficient (Wildman–Crippen LogP) is 4.92. The van der Waals surface area contributed by atoms with Crippen molar-refractivity contribution in [3.63, 3.8) is 0 Å². The Hall–Kier alpha value is -3.52. The summed E-state index contributed by atoms with van der Waals surface area (Å²) in [5, 5.41) is 6.81. The fourth-order valence-electron chi connectivity index (χ4n) is 4.46. The highest BCUT2D eigenvalue weighted by Gasteiger charge is 2.37. The van der Waals surface area contributed by atoms with Gasteiger partial charge in [-0.3, -0.25) is 4.99 Å². The zero-order chi connectivity index (χ0) is 24.5. The molecule has 0 radical (unpaired) electrons. The number of anilines is 1. The molecule has 0 N–H and O–H groups in total. The van der Waals surface area contributed by atoms with Crippen LogP contribution in [-0.2, 0) is 5.41 Å². The van der Waals surface area contributed by atoms with Gasteiger partial charge in [0, 0.05) is 48.1 Å². The van der Waals surface area contributed by atoms with Gasteiger partial charge in [0.25, 0.3) is 0 Å². The smallest absolute Gasteiger partial charge is 0.205 e. The molecule has 1 aromatic heterocycles. The van der Waals surface area contributed by atoms with Gasteiger partial charge in [-0.05, 0) is 29.8 Å². The van der Waals surface area contributed by atoms with Crippen LogP contribution < -0.4 is 23.9 Å². The van der Waals surface area contributed by atoms with Crippen molar-refractivity contribution in [1.29, 1.82) is 0 Å². The summed E-state index contributed by atoms with van der Waals surface area (Å²) >= 11 is 1.52. The van der Waals surface area contributed by atoms with Crippen LogP contribution in [0.5, 0.6) is 17.2 Å². The number of likely N-dealkylation sites (N-methyl/N-ethyl adjacent to an activating group) is 1. The lowest BCUT2D eigenvalue weighted by atomic mass is 9.84. The third-order valence-electron chi connectivity index (χ3n) is 6.19. The summed E-state index contributed by atoms with van der Waals surface area (Å²) in [4.78, 5) is 7.42. The van der Waals surface area contributed by atoms with E-state index in [2.05, 4.69) is 61.1 Å². The van der Waals surface area contributed by atoms with Crippen LogP contribution in [0.4, 0.5) is 5.69 Å². The van der Waals surface area contributed by atoms with Gasteiger partial charge in [0.2, 0.25) is 10.6 Å². The van der Waals surface area contributed by atoms with Gasteiger partial charge in [-0.2, -0.15) is 5.10 Å². The summed E-state index contributed by atoms with van der Waals surface area (Å²) in [5.41, 5.74) is 5.35. The summed E-state index contributed by atoms with van der Waals surface area (Å²) in [6.45, 7) is 4.47. The molecule has 7 nitrogen and oxygen atoms in total. The second kappa shape index (κ2) is 9.38. The molecule has 0 spiro atoms. The van der Waals surface area contributed by atoms with E-state index in [1.54, 1.807) is 28.4 Å². The Kier molecular flexibility index (Phi) is 6.52. The second-order valence-corrected chi connectivity index (χ2v) is 9.21. The van der Waals surface area contributed by atoms with Crippen LogP contribution in [0.1, 0.15) is 19.4 Å². The van der Waals surface area contributed by atoms with Gasteiger partial charge in [0.05, 0.1) is 27.0 Å². The molecular weight excluding hydrogens is 448 g/mol. The second-order valence-electron chi connectivity index (χ2n) is 8.37. The van der Waals surface area contributed by atoms with E-state index >= 15 is 0 Å². The van der Waals surface area contributed by atoms with Gasteiger partial charge in [0.15, 0.2) is 11.5 Å². The maximum absolute atomic E-state index is 5.54. The molecule has 4 rings (SSSR count). The molecule has 0 aliphatic carbocycles. The molecule has 1 aliphatic rings. The number of thiazole rings is 1. The molecule has 8 heteroatoms. The van der Waals surface area contributed by atoms with Gasteiger partial charge < -0.3 is 19.1 Å². The van der Waals surface area contributed by atoms with Crippen molar-refractivity contribution in [2.24, 2.45) is 10.1 Å². The molecule has 3 aromatic rings. The largest absolute Gasteiger partial charge is 0.493 e. The van der Waals surface area contributed by atoms with E-state index in [9.17, 15) is 0 Å². The van der Waals surface area contributed by atoms with Gasteiger partial charge in [-0.25, -0.2) is 4.68 Å². The molecule has 0 unspecified atom stereocenters. The van der Waals surface area contributed by atoms with Crippen LogP contribution in [0.2, 0.25) is 0 Å². The van der Waals surface area contributed by atoms with E-state index in [0.717, 1.165) is 16.1 Å². The summed E-state index contributed by atoms with van der Waals surface area (Å²) in [7, 11) is 8.67. The van der Waals surface area contributed by atoms with Crippen LogP contribution in [0.15, 0.2) is 63.6 Å². The number of benzene rings is 2. The molecule has 0 saturated heterocycles. The monoisotopic (exact) mass is 478 g/mol. The Balaban J connectivity index is 1.77. The zero-order valence-electron chi connectivity index (χ0n) is 20.6. The number of hydrogen-bond donors (Lipinski definition) is 0. The lowest BCUT2D eigenvalue weighted by molar-refractivity contribution is 0.324. The minimum Gasteiger partial charge on any atom is -0.493 e. The number of aromatic nitrogens is 1. The molecule has 2 heterocycles. The summed E-state index contributed by atoms with van der Waals surface area (Å²) in [6, 6.07) is 12.3. The standard InChI is InChI=1S/C26H30N4O3S/c1-26(2)18-10-8-9-11-19(18)29(4)23(26)12-13-28-30-20(16-34-25(30)27-3)17-14-21(31-5)24(33-7)22(15-17)32-6/h8-16H,1-7H3. The maximum atomic E-state index is 5.54. The molecule has 34 heavy (non-hydrogen) atoms. The minimum absolute atomic E-state index is 0.117. The highest BCUT2D eigenvalue weighted by Crippen LogP contribution is 2.46. The van der Waals surface area contributed by atoms with Crippen molar-refractivity contribution >= 4 is 23.2 Å². The minimum atomic E-state index is -0.117. The Labute approximate surface area is 204 Å². The zero-order valence-corrected chi connectivity index (χ0v) is 21.4. The highest BCUT2D eigenvalue weighted by atomic mass is 32.1. The number of rotatable bonds is 6.